The van der Waals surface area contributed by atoms with E-state index in [4.69, 9.17) is 16.3 Å². The van der Waals surface area contributed by atoms with E-state index in [1.54, 1.807) is 13.0 Å². The first-order valence-electron chi connectivity index (χ1n) is 11.1. The van der Waals surface area contributed by atoms with Gasteiger partial charge in [0.05, 0.1) is 34.7 Å². The number of halogens is 1. The quantitative estimate of drug-likeness (QED) is 0.392. The maximum atomic E-state index is 13.0. The molecule has 0 saturated heterocycles. The topological polar surface area (TPSA) is 122 Å². The Kier molecular flexibility index (Phi) is 8.41. The van der Waals surface area contributed by atoms with Gasteiger partial charge in [0.2, 0.25) is 15.9 Å². The smallest absolute Gasteiger partial charge is 0.261 e. The van der Waals surface area contributed by atoms with Crippen molar-refractivity contribution in [1.82, 2.24) is 0 Å². The number of methoxy groups -OCH3 is 1. The Morgan fingerprint density at radius 1 is 0.973 bits per heavy atom. The minimum Gasteiger partial charge on any atom is -0.495 e. The summed E-state index contributed by atoms with van der Waals surface area (Å²) in [5.41, 5.74) is 2.65. The second-order valence-corrected chi connectivity index (χ2v) is 12.4. The Morgan fingerprint density at radius 3 is 2.19 bits per heavy atom. The number of amides is 1. The van der Waals surface area contributed by atoms with Gasteiger partial charge in [0, 0.05) is 5.69 Å². The number of benzene rings is 3. The van der Waals surface area contributed by atoms with Crippen molar-refractivity contribution in [3.05, 3.63) is 76.8 Å². The van der Waals surface area contributed by atoms with E-state index >= 15 is 0 Å². The van der Waals surface area contributed by atoms with Gasteiger partial charge in [-0.1, -0.05) is 23.7 Å². The van der Waals surface area contributed by atoms with Crippen molar-refractivity contribution in [3.8, 4) is 5.75 Å². The summed E-state index contributed by atoms with van der Waals surface area (Å²) in [6.45, 7) is 5.10. The first-order chi connectivity index (χ1) is 17.2. The summed E-state index contributed by atoms with van der Waals surface area (Å²) in [6.07, 6.45) is 0.984. The molecular formula is C25H28ClN3O6S2. The zero-order valence-corrected chi connectivity index (χ0v) is 23.3. The number of anilines is 3. The molecule has 198 valence electrons. The highest BCUT2D eigenvalue weighted by Gasteiger charge is 2.30. The zero-order valence-electron chi connectivity index (χ0n) is 20.9. The fourth-order valence-electron chi connectivity index (χ4n) is 3.61. The molecule has 0 fully saturated rings. The highest BCUT2D eigenvalue weighted by molar-refractivity contribution is 7.92. The highest BCUT2D eigenvalue weighted by Crippen LogP contribution is 2.31. The second kappa shape index (κ2) is 11.0. The first-order valence-corrected chi connectivity index (χ1v) is 14.8. The Hall–Kier alpha value is -3.28. The summed E-state index contributed by atoms with van der Waals surface area (Å²) in [6, 6.07) is 14.3. The maximum Gasteiger partial charge on any atom is 0.261 e. The molecule has 0 radical (unpaired) electrons. The Balaban J connectivity index is 1.79. The van der Waals surface area contributed by atoms with Crippen LogP contribution in [0.4, 0.5) is 17.1 Å². The molecule has 0 heterocycles. The van der Waals surface area contributed by atoms with Crippen molar-refractivity contribution in [1.29, 1.82) is 0 Å². The van der Waals surface area contributed by atoms with Crippen LogP contribution in [0.3, 0.4) is 0 Å². The second-order valence-electron chi connectivity index (χ2n) is 8.49. The van der Waals surface area contributed by atoms with Gasteiger partial charge >= 0.3 is 0 Å². The number of hydrogen-bond donors (Lipinski definition) is 2. The van der Waals surface area contributed by atoms with Crippen molar-refractivity contribution in [2.24, 2.45) is 0 Å². The lowest BCUT2D eigenvalue weighted by Crippen LogP contribution is -2.45. The molecule has 3 rings (SSSR count). The lowest BCUT2D eigenvalue weighted by Gasteiger charge is -2.28. The number of sulfonamides is 2. The zero-order chi connectivity index (χ0) is 27.5. The van der Waals surface area contributed by atoms with E-state index < -0.39 is 32.0 Å². The number of ether oxygens (including phenoxy) is 1. The van der Waals surface area contributed by atoms with Gasteiger partial charge in [-0.15, -0.1) is 0 Å². The molecule has 3 aromatic rings. The molecule has 0 aliphatic rings. The molecule has 3 aromatic carbocycles. The van der Waals surface area contributed by atoms with Crippen LogP contribution in [-0.2, 0) is 24.8 Å². The number of rotatable bonds is 9. The standard InChI is InChI=1S/C25H28ClN3O6S2/c1-16-6-7-17(2)23(14-16)28-37(33,34)21-11-8-19(9-12-21)27-25(30)18(3)29(36(5,31)32)20-10-13-24(35-4)22(26)15-20/h6-15,18,28H,1-5H3,(H,27,30)/t18-/m1/s1. The van der Waals surface area contributed by atoms with Crippen LogP contribution in [0, 0.1) is 13.8 Å². The molecule has 0 spiro atoms. The molecule has 37 heavy (non-hydrogen) atoms. The van der Waals surface area contributed by atoms with E-state index in [1.807, 2.05) is 19.1 Å². The predicted octanol–water partition coefficient (Wildman–Crippen LogP) is 4.56. The summed E-state index contributed by atoms with van der Waals surface area (Å²) in [5, 5.41) is 2.82. The Morgan fingerprint density at radius 2 is 1.62 bits per heavy atom. The third-order valence-electron chi connectivity index (χ3n) is 5.55. The normalized spacial score (nSPS) is 12.5. The molecule has 9 nitrogen and oxygen atoms in total. The number of nitrogens with one attached hydrogen (secondary N) is 2. The van der Waals surface area contributed by atoms with Gasteiger partial charge in [-0.05, 0) is 80.4 Å². The van der Waals surface area contributed by atoms with E-state index in [0.29, 0.717) is 17.1 Å². The Bertz CT molecular complexity index is 1520. The average molecular weight is 566 g/mol. The monoisotopic (exact) mass is 565 g/mol. The number of aryl methyl sites for hydroxylation is 2. The van der Waals surface area contributed by atoms with Gasteiger partial charge in [0.1, 0.15) is 11.8 Å². The molecule has 0 unspecified atom stereocenters. The van der Waals surface area contributed by atoms with Gasteiger partial charge < -0.3 is 10.1 Å². The molecule has 0 bridgehead atoms. The average Bonchev–Trinajstić information content (AvgIpc) is 2.81. The van der Waals surface area contributed by atoms with Crippen molar-refractivity contribution in [2.45, 2.75) is 31.7 Å². The van der Waals surface area contributed by atoms with E-state index in [2.05, 4.69) is 10.0 Å². The summed E-state index contributed by atoms with van der Waals surface area (Å²) >= 11 is 6.16. The van der Waals surface area contributed by atoms with Crippen LogP contribution in [0.5, 0.6) is 5.75 Å². The molecule has 0 saturated carbocycles. The lowest BCUT2D eigenvalue weighted by atomic mass is 10.1. The summed E-state index contributed by atoms with van der Waals surface area (Å²) in [5.74, 6) is -0.264. The number of nitrogens with zero attached hydrogens (tertiary/aromatic N) is 1. The van der Waals surface area contributed by atoms with Crippen molar-refractivity contribution >= 4 is 54.6 Å². The van der Waals surface area contributed by atoms with Crippen LogP contribution < -0.4 is 19.1 Å². The number of carbonyl (C=O) groups excluding carboxylic acids is 1. The van der Waals surface area contributed by atoms with Crippen molar-refractivity contribution < 1.29 is 26.4 Å². The highest BCUT2D eigenvalue weighted by atomic mass is 35.5. The number of hydrogen-bond acceptors (Lipinski definition) is 6. The van der Waals surface area contributed by atoms with Crippen LogP contribution in [0.1, 0.15) is 18.1 Å². The molecule has 0 aliphatic heterocycles. The number of carbonyl (C=O) groups is 1. The molecule has 2 N–H and O–H groups in total. The van der Waals surface area contributed by atoms with Gasteiger partial charge in [-0.25, -0.2) is 16.8 Å². The van der Waals surface area contributed by atoms with Crippen LogP contribution >= 0.6 is 11.6 Å². The summed E-state index contributed by atoms with van der Waals surface area (Å²) < 4.78 is 59.4. The third kappa shape index (κ3) is 6.73. The molecule has 0 aromatic heterocycles. The van der Waals surface area contributed by atoms with Gasteiger partial charge in [0.25, 0.3) is 10.0 Å². The van der Waals surface area contributed by atoms with Crippen molar-refractivity contribution in [3.63, 3.8) is 0 Å². The maximum absolute atomic E-state index is 13.0. The van der Waals surface area contributed by atoms with Crippen LogP contribution in [0.2, 0.25) is 5.02 Å². The molecular weight excluding hydrogens is 538 g/mol. The molecule has 1 amide bonds. The van der Waals surface area contributed by atoms with Crippen molar-refractivity contribution in [2.75, 3.05) is 27.7 Å². The molecule has 0 aliphatic carbocycles. The van der Waals surface area contributed by atoms with Crippen LogP contribution in [0.25, 0.3) is 0 Å². The Labute approximate surface area is 222 Å². The minimum atomic E-state index is -3.87. The molecule has 1 atom stereocenters. The van der Waals surface area contributed by atoms with E-state index in [-0.39, 0.29) is 15.6 Å². The minimum absolute atomic E-state index is 0.00471. The summed E-state index contributed by atoms with van der Waals surface area (Å²) in [7, 11) is -6.30. The predicted molar refractivity (Wildman–Crippen MR) is 147 cm³/mol. The van der Waals surface area contributed by atoms with Gasteiger partial charge in [-0.2, -0.15) is 0 Å². The van der Waals surface area contributed by atoms with E-state index in [1.165, 1.54) is 56.5 Å². The fourth-order valence-corrected chi connectivity index (χ4v) is 6.16. The first kappa shape index (κ1) is 28.3. The fraction of sp³-hybridized carbons (Fsp3) is 0.240. The summed E-state index contributed by atoms with van der Waals surface area (Å²) in [4.78, 5) is 13.0. The van der Waals surface area contributed by atoms with E-state index in [0.717, 1.165) is 21.7 Å². The van der Waals surface area contributed by atoms with Gasteiger partial charge in [0.15, 0.2) is 0 Å². The van der Waals surface area contributed by atoms with Gasteiger partial charge in [-0.3, -0.25) is 13.8 Å². The SMILES string of the molecule is COc1ccc(N([C@H](C)C(=O)Nc2ccc(S(=O)(=O)Nc3cc(C)ccc3C)cc2)S(C)(=O)=O)cc1Cl. The lowest BCUT2D eigenvalue weighted by molar-refractivity contribution is -0.116. The van der Waals surface area contributed by atoms with Crippen LogP contribution in [-0.4, -0.2) is 42.2 Å². The molecule has 12 heteroatoms. The third-order valence-corrected chi connectivity index (χ3v) is 8.47. The largest absolute Gasteiger partial charge is 0.495 e. The van der Waals surface area contributed by atoms with E-state index in [9.17, 15) is 21.6 Å². The van der Waals surface area contributed by atoms with Crippen LogP contribution in [0.15, 0.2) is 65.6 Å².